The highest BCUT2D eigenvalue weighted by Gasteiger charge is 2.30. The van der Waals surface area contributed by atoms with Crippen molar-refractivity contribution in [1.82, 2.24) is 14.8 Å². The zero-order valence-corrected chi connectivity index (χ0v) is 24.5. The van der Waals surface area contributed by atoms with Gasteiger partial charge in [-0.25, -0.2) is 9.37 Å². The Morgan fingerprint density at radius 1 is 0.925 bits per heavy atom. The third kappa shape index (κ3) is 6.82. The number of carbonyl (C=O) groups is 2. The maximum absolute atomic E-state index is 13.9. The number of aromatic nitrogens is 1. The highest BCUT2D eigenvalue weighted by atomic mass is 79.9. The van der Waals surface area contributed by atoms with Crippen LogP contribution in [0.1, 0.15) is 52.0 Å². The Bertz CT molecular complexity index is 1360. The van der Waals surface area contributed by atoms with E-state index in [-0.39, 0.29) is 24.0 Å². The SMILES string of the molecule is Cc1c(Br)cc(F)cc1C(=O)N1CCC(OC2CCN(C(=O)c3ccc(Oc4ccc(Cl)cn4)cc3)CC2)CC1. The van der Waals surface area contributed by atoms with E-state index in [2.05, 4.69) is 20.9 Å². The summed E-state index contributed by atoms with van der Waals surface area (Å²) in [6.45, 7) is 4.21. The highest BCUT2D eigenvalue weighted by Crippen LogP contribution is 2.27. The van der Waals surface area contributed by atoms with Crippen molar-refractivity contribution in [3.05, 3.63) is 86.7 Å². The first-order chi connectivity index (χ1) is 19.3. The number of piperidine rings is 2. The zero-order chi connectivity index (χ0) is 28.2. The normalized spacial score (nSPS) is 16.7. The number of hydrogen-bond acceptors (Lipinski definition) is 5. The van der Waals surface area contributed by atoms with Crippen LogP contribution in [0.4, 0.5) is 4.39 Å². The van der Waals surface area contributed by atoms with Crippen molar-refractivity contribution in [2.75, 3.05) is 26.2 Å². The quantitative estimate of drug-likeness (QED) is 0.305. The lowest BCUT2D eigenvalue weighted by atomic mass is 10.0. The molecular weight excluding hydrogens is 601 g/mol. The molecule has 0 N–H and O–H groups in total. The Morgan fingerprint density at radius 2 is 1.52 bits per heavy atom. The molecule has 40 heavy (non-hydrogen) atoms. The maximum atomic E-state index is 13.9. The number of ether oxygens (including phenoxy) is 2. The molecule has 0 atom stereocenters. The van der Waals surface area contributed by atoms with E-state index < -0.39 is 5.82 Å². The molecule has 2 aromatic carbocycles. The molecule has 2 aliphatic heterocycles. The van der Waals surface area contributed by atoms with Crippen LogP contribution in [0.5, 0.6) is 11.6 Å². The lowest BCUT2D eigenvalue weighted by molar-refractivity contribution is -0.0593. The number of benzene rings is 2. The standard InChI is InChI=1S/C30H30BrClFN3O4/c1-19-26(16-22(33)17-27(19)31)30(38)36-14-10-25(11-15-36)39-24-8-12-35(13-9-24)29(37)20-2-5-23(6-3-20)40-28-7-4-21(32)18-34-28/h2-7,16-18,24-25H,8-15H2,1H3. The van der Waals surface area contributed by atoms with E-state index in [9.17, 15) is 14.0 Å². The fourth-order valence-corrected chi connectivity index (χ4v) is 5.64. The van der Waals surface area contributed by atoms with E-state index in [1.807, 2.05) is 11.8 Å². The lowest BCUT2D eigenvalue weighted by Crippen LogP contribution is -2.45. The summed E-state index contributed by atoms with van der Waals surface area (Å²) in [6, 6.07) is 13.1. The van der Waals surface area contributed by atoms with E-state index in [1.54, 1.807) is 41.3 Å². The molecule has 2 aliphatic rings. The van der Waals surface area contributed by atoms with E-state index in [0.717, 1.165) is 31.2 Å². The summed E-state index contributed by atoms with van der Waals surface area (Å²) in [5.74, 6) is 0.425. The molecule has 0 bridgehead atoms. The fraction of sp³-hybridized carbons (Fsp3) is 0.367. The van der Waals surface area contributed by atoms with E-state index >= 15 is 0 Å². The highest BCUT2D eigenvalue weighted by molar-refractivity contribution is 9.10. The Hall–Kier alpha value is -3.01. The Kier molecular flexibility index (Phi) is 9.03. The Balaban J connectivity index is 1.06. The van der Waals surface area contributed by atoms with Gasteiger partial charge in [0.2, 0.25) is 5.88 Å². The third-order valence-electron chi connectivity index (χ3n) is 7.41. The molecule has 210 valence electrons. The second kappa shape index (κ2) is 12.7. The van der Waals surface area contributed by atoms with Crippen LogP contribution in [0.3, 0.4) is 0 Å². The number of nitrogens with zero attached hydrogens (tertiary/aromatic N) is 3. The average Bonchev–Trinajstić information content (AvgIpc) is 2.97. The van der Waals surface area contributed by atoms with Crippen LogP contribution in [0.15, 0.2) is 59.2 Å². The van der Waals surface area contributed by atoms with Crippen molar-refractivity contribution >= 4 is 39.3 Å². The van der Waals surface area contributed by atoms with Gasteiger partial charge in [0.15, 0.2) is 0 Å². The number of halogens is 3. The minimum Gasteiger partial charge on any atom is -0.439 e. The van der Waals surface area contributed by atoms with E-state index in [1.165, 1.54) is 18.3 Å². The van der Waals surface area contributed by atoms with Crippen molar-refractivity contribution in [3.8, 4) is 11.6 Å². The van der Waals surface area contributed by atoms with Crippen molar-refractivity contribution in [3.63, 3.8) is 0 Å². The van der Waals surface area contributed by atoms with Gasteiger partial charge >= 0.3 is 0 Å². The van der Waals surface area contributed by atoms with Crippen molar-refractivity contribution in [2.45, 2.75) is 44.8 Å². The lowest BCUT2D eigenvalue weighted by Gasteiger charge is -2.37. The number of amides is 2. The number of rotatable bonds is 6. The van der Waals surface area contributed by atoms with Gasteiger partial charge in [-0.3, -0.25) is 9.59 Å². The molecule has 0 spiro atoms. The van der Waals surface area contributed by atoms with Gasteiger partial charge in [-0.05, 0) is 80.6 Å². The van der Waals surface area contributed by atoms with Gasteiger partial charge in [-0.1, -0.05) is 27.5 Å². The maximum Gasteiger partial charge on any atom is 0.254 e. The van der Waals surface area contributed by atoms with Crippen LogP contribution < -0.4 is 4.74 Å². The predicted molar refractivity (Wildman–Crippen MR) is 154 cm³/mol. The second-order valence-corrected chi connectivity index (χ2v) is 11.4. The molecular formula is C30H30BrClFN3O4. The van der Waals surface area contributed by atoms with Crippen LogP contribution in [-0.2, 0) is 4.74 Å². The monoisotopic (exact) mass is 629 g/mol. The molecule has 2 saturated heterocycles. The molecule has 3 heterocycles. The minimum absolute atomic E-state index is 0.0132. The van der Waals surface area contributed by atoms with Crippen LogP contribution in [0, 0.1) is 12.7 Å². The number of pyridine rings is 1. The molecule has 10 heteroatoms. The fourth-order valence-electron chi connectivity index (χ4n) is 5.09. The first-order valence-corrected chi connectivity index (χ1v) is 14.5. The first-order valence-electron chi connectivity index (χ1n) is 13.4. The summed E-state index contributed by atoms with van der Waals surface area (Å²) >= 11 is 9.19. The summed E-state index contributed by atoms with van der Waals surface area (Å²) in [5.41, 5.74) is 1.74. The van der Waals surface area contributed by atoms with Gasteiger partial charge in [0.25, 0.3) is 11.8 Å². The second-order valence-electron chi connectivity index (χ2n) is 10.1. The van der Waals surface area contributed by atoms with E-state index in [4.69, 9.17) is 21.1 Å². The topological polar surface area (TPSA) is 72.0 Å². The zero-order valence-electron chi connectivity index (χ0n) is 22.1. The molecule has 5 rings (SSSR count). The first kappa shape index (κ1) is 28.5. The summed E-state index contributed by atoms with van der Waals surface area (Å²) in [5, 5.41) is 0.533. The molecule has 2 amide bonds. The molecule has 0 unspecified atom stereocenters. The van der Waals surface area contributed by atoms with Gasteiger partial charge in [-0.15, -0.1) is 0 Å². The molecule has 0 radical (unpaired) electrons. The van der Waals surface area contributed by atoms with Crippen molar-refractivity contribution in [1.29, 1.82) is 0 Å². The molecule has 0 aliphatic carbocycles. The summed E-state index contributed by atoms with van der Waals surface area (Å²) < 4.78 is 26.5. The molecule has 0 saturated carbocycles. The molecule has 1 aromatic heterocycles. The van der Waals surface area contributed by atoms with Crippen LogP contribution in [0.2, 0.25) is 5.02 Å². The number of hydrogen-bond donors (Lipinski definition) is 0. The van der Waals surface area contributed by atoms with Gasteiger partial charge in [0.05, 0.1) is 17.2 Å². The van der Waals surface area contributed by atoms with Crippen LogP contribution in [0.25, 0.3) is 0 Å². The smallest absolute Gasteiger partial charge is 0.254 e. The molecule has 3 aromatic rings. The number of carbonyl (C=O) groups excluding carboxylic acids is 2. The average molecular weight is 631 g/mol. The van der Waals surface area contributed by atoms with Crippen molar-refractivity contribution in [2.24, 2.45) is 0 Å². The van der Waals surface area contributed by atoms with Gasteiger partial charge < -0.3 is 19.3 Å². The van der Waals surface area contributed by atoms with Crippen LogP contribution >= 0.6 is 27.5 Å². The summed E-state index contributed by atoms with van der Waals surface area (Å²) in [7, 11) is 0. The Labute approximate surface area is 246 Å². The summed E-state index contributed by atoms with van der Waals surface area (Å²) in [4.78, 5) is 33.8. The van der Waals surface area contributed by atoms with Crippen molar-refractivity contribution < 1.29 is 23.5 Å². The molecule has 7 nitrogen and oxygen atoms in total. The van der Waals surface area contributed by atoms with Gasteiger partial charge in [0.1, 0.15) is 11.6 Å². The minimum atomic E-state index is -0.429. The summed E-state index contributed by atoms with van der Waals surface area (Å²) in [6.07, 6.45) is 4.68. The Morgan fingerprint density at radius 3 is 2.10 bits per heavy atom. The predicted octanol–water partition coefficient (Wildman–Crippen LogP) is 6.66. The van der Waals surface area contributed by atoms with Crippen LogP contribution in [-0.4, -0.2) is 65.0 Å². The van der Waals surface area contributed by atoms with Gasteiger partial charge in [-0.2, -0.15) is 0 Å². The largest absolute Gasteiger partial charge is 0.439 e. The number of likely N-dealkylation sites (tertiary alicyclic amines) is 2. The molecule has 2 fully saturated rings. The third-order valence-corrected chi connectivity index (χ3v) is 8.45. The van der Waals surface area contributed by atoms with E-state index in [0.29, 0.717) is 58.4 Å². The van der Waals surface area contributed by atoms with Gasteiger partial charge in [0, 0.05) is 54.0 Å².